The summed E-state index contributed by atoms with van der Waals surface area (Å²) in [6, 6.07) is 4.81. The second kappa shape index (κ2) is 6.81. The molecule has 9 heteroatoms. The first-order chi connectivity index (χ1) is 12.3. The molecule has 2 aromatic carbocycles. The van der Waals surface area contributed by atoms with Gasteiger partial charge in [0.2, 0.25) is 5.82 Å². The van der Waals surface area contributed by atoms with Crippen molar-refractivity contribution in [3.63, 3.8) is 0 Å². The van der Waals surface area contributed by atoms with Crippen molar-refractivity contribution in [2.75, 3.05) is 23.4 Å². The van der Waals surface area contributed by atoms with Crippen LogP contribution in [0.2, 0.25) is 0 Å². The first-order valence-electron chi connectivity index (χ1n) is 7.61. The van der Waals surface area contributed by atoms with Gasteiger partial charge in [-0.05, 0) is 24.6 Å². The summed E-state index contributed by atoms with van der Waals surface area (Å²) < 4.78 is 72.0. The Morgan fingerprint density at radius 3 is 2.23 bits per heavy atom. The molecular weight excluding hydrogens is 359 g/mol. The lowest BCUT2D eigenvalue weighted by atomic mass is 10.1. The summed E-state index contributed by atoms with van der Waals surface area (Å²) in [6.07, 6.45) is -0.523. The molecule has 26 heavy (non-hydrogen) atoms. The van der Waals surface area contributed by atoms with E-state index in [2.05, 4.69) is 5.32 Å². The summed E-state index contributed by atoms with van der Waals surface area (Å²) in [5.74, 6) is -9.96. The summed E-state index contributed by atoms with van der Waals surface area (Å²) in [7, 11) is 0. The van der Waals surface area contributed by atoms with Crippen LogP contribution in [0.5, 0.6) is 0 Å². The third kappa shape index (κ3) is 2.93. The number of nitrogens with one attached hydrogen (secondary N) is 1. The predicted octanol–water partition coefficient (Wildman–Crippen LogP) is 4.26. The Bertz CT molecular complexity index is 859. The molecule has 0 aromatic heterocycles. The van der Waals surface area contributed by atoms with E-state index in [1.807, 2.05) is 0 Å². The van der Waals surface area contributed by atoms with Crippen LogP contribution in [-0.4, -0.2) is 19.2 Å². The molecule has 0 unspecified atom stereocenters. The van der Waals surface area contributed by atoms with Crippen molar-refractivity contribution in [3.05, 3.63) is 58.4 Å². The van der Waals surface area contributed by atoms with Gasteiger partial charge in [-0.25, -0.2) is 26.7 Å². The minimum absolute atomic E-state index is 0.237. The van der Waals surface area contributed by atoms with Crippen LogP contribution in [0, 0.1) is 36.0 Å². The Balaban J connectivity index is 1.89. The molecule has 1 amide bonds. The van der Waals surface area contributed by atoms with Crippen molar-refractivity contribution in [2.24, 2.45) is 0 Å². The molecule has 3 rings (SSSR count). The maximum Gasteiger partial charge on any atom is 0.414 e. The predicted molar refractivity (Wildman–Crippen MR) is 83.4 cm³/mol. The molecular formula is C17H13F5N2O2. The monoisotopic (exact) mass is 372 g/mol. The molecule has 0 spiro atoms. The Kier molecular flexibility index (Phi) is 4.71. The summed E-state index contributed by atoms with van der Waals surface area (Å²) in [5.41, 5.74) is 0.503. The van der Waals surface area contributed by atoms with Crippen LogP contribution >= 0.6 is 0 Å². The summed E-state index contributed by atoms with van der Waals surface area (Å²) in [4.78, 5) is 13.1. The van der Waals surface area contributed by atoms with Gasteiger partial charge in [-0.1, -0.05) is 6.07 Å². The Morgan fingerprint density at radius 1 is 1.04 bits per heavy atom. The van der Waals surface area contributed by atoms with Gasteiger partial charge in [0.1, 0.15) is 6.61 Å². The van der Waals surface area contributed by atoms with E-state index in [1.54, 1.807) is 25.1 Å². The Morgan fingerprint density at radius 2 is 1.65 bits per heavy atom. The van der Waals surface area contributed by atoms with Crippen molar-refractivity contribution in [3.8, 4) is 0 Å². The lowest BCUT2D eigenvalue weighted by Crippen LogP contribution is -2.24. The van der Waals surface area contributed by atoms with Gasteiger partial charge in [0.15, 0.2) is 23.3 Å². The lowest BCUT2D eigenvalue weighted by molar-refractivity contribution is 0.181. The standard InChI is InChI=1S/C17H13F5N2O2/c1-8-10(3-2-4-11(8)24-5-6-26-17(24)25)23-7-9-12(18)14(20)16(22)15(21)13(9)19/h2-4,23H,5-7H2,1H3. The fourth-order valence-corrected chi connectivity index (χ4v) is 2.71. The minimum atomic E-state index is -2.20. The summed E-state index contributed by atoms with van der Waals surface area (Å²) in [5, 5.41) is 2.65. The Hall–Kier alpha value is -2.84. The van der Waals surface area contributed by atoms with E-state index in [0.29, 0.717) is 23.5 Å². The average molecular weight is 372 g/mol. The quantitative estimate of drug-likeness (QED) is 0.495. The number of hydrogen-bond acceptors (Lipinski definition) is 3. The van der Waals surface area contributed by atoms with E-state index in [9.17, 15) is 26.7 Å². The van der Waals surface area contributed by atoms with Gasteiger partial charge in [-0.15, -0.1) is 0 Å². The fraction of sp³-hybridized carbons (Fsp3) is 0.235. The van der Waals surface area contributed by atoms with Crippen LogP contribution < -0.4 is 10.2 Å². The molecule has 1 fully saturated rings. The number of cyclic esters (lactones) is 1. The lowest BCUT2D eigenvalue weighted by Gasteiger charge is -2.19. The highest BCUT2D eigenvalue weighted by Gasteiger charge is 2.27. The average Bonchev–Trinajstić information content (AvgIpc) is 3.05. The number of halogens is 5. The van der Waals surface area contributed by atoms with Crippen LogP contribution in [-0.2, 0) is 11.3 Å². The van der Waals surface area contributed by atoms with E-state index < -0.39 is 47.3 Å². The van der Waals surface area contributed by atoms with Crippen LogP contribution in [0.4, 0.5) is 38.1 Å². The molecule has 0 saturated carbocycles. The van der Waals surface area contributed by atoms with Crippen LogP contribution in [0.1, 0.15) is 11.1 Å². The van der Waals surface area contributed by atoms with Gasteiger partial charge in [-0.3, -0.25) is 4.90 Å². The normalized spacial score (nSPS) is 13.9. The maximum atomic E-state index is 13.8. The highest BCUT2D eigenvalue weighted by Crippen LogP contribution is 2.30. The number of carbonyl (C=O) groups excluding carboxylic acids is 1. The van der Waals surface area contributed by atoms with E-state index in [1.165, 1.54) is 4.90 Å². The van der Waals surface area contributed by atoms with E-state index in [4.69, 9.17) is 4.74 Å². The van der Waals surface area contributed by atoms with E-state index in [-0.39, 0.29) is 6.61 Å². The number of hydrogen-bond donors (Lipinski definition) is 1. The molecule has 0 radical (unpaired) electrons. The van der Waals surface area contributed by atoms with Gasteiger partial charge in [-0.2, -0.15) is 0 Å². The molecule has 1 saturated heterocycles. The third-order valence-electron chi connectivity index (χ3n) is 4.11. The molecule has 1 aliphatic heterocycles. The molecule has 0 aliphatic carbocycles. The van der Waals surface area contributed by atoms with Crippen molar-refractivity contribution < 1.29 is 31.5 Å². The first-order valence-corrected chi connectivity index (χ1v) is 7.61. The number of anilines is 2. The molecule has 1 N–H and O–H groups in total. The molecule has 138 valence electrons. The van der Waals surface area contributed by atoms with Crippen molar-refractivity contribution in [2.45, 2.75) is 13.5 Å². The number of carbonyl (C=O) groups is 1. The summed E-state index contributed by atoms with van der Waals surface area (Å²) >= 11 is 0. The molecule has 2 aromatic rings. The van der Waals surface area contributed by atoms with Crippen LogP contribution in [0.25, 0.3) is 0 Å². The SMILES string of the molecule is Cc1c(NCc2c(F)c(F)c(F)c(F)c2F)cccc1N1CCOC1=O. The topological polar surface area (TPSA) is 41.6 Å². The van der Waals surface area contributed by atoms with Crippen LogP contribution in [0.3, 0.4) is 0 Å². The van der Waals surface area contributed by atoms with Gasteiger partial charge in [0.25, 0.3) is 0 Å². The third-order valence-corrected chi connectivity index (χ3v) is 4.11. The maximum absolute atomic E-state index is 13.8. The zero-order valence-corrected chi connectivity index (χ0v) is 13.5. The van der Waals surface area contributed by atoms with Crippen molar-refractivity contribution in [1.82, 2.24) is 0 Å². The minimum Gasteiger partial charge on any atom is -0.447 e. The van der Waals surface area contributed by atoms with Gasteiger partial charge < -0.3 is 10.1 Å². The van der Waals surface area contributed by atoms with Crippen molar-refractivity contribution in [1.29, 1.82) is 0 Å². The number of ether oxygens (including phenoxy) is 1. The van der Waals surface area contributed by atoms with Crippen LogP contribution in [0.15, 0.2) is 18.2 Å². The second-order valence-electron chi connectivity index (χ2n) is 5.62. The van der Waals surface area contributed by atoms with Gasteiger partial charge in [0, 0.05) is 17.8 Å². The number of nitrogens with zero attached hydrogens (tertiary/aromatic N) is 1. The van der Waals surface area contributed by atoms with E-state index >= 15 is 0 Å². The fourth-order valence-electron chi connectivity index (χ4n) is 2.71. The van der Waals surface area contributed by atoms with E-state index in [0.717, 1.165) is 0 Å². The number of amides is 1. The number of rotatable bonds is 4. The highest BCUT2D eigenvalue weighted by molar-refractivity contribution is 5.91. The van der Waals surface area contributed by atoms with Gasteiger partial charge in [0.05, 0.1) is 12.2 Å². The molecule has 1 heterocycles. The largest absolute Gasteiger partial charge is 0.447 e. The molecule has 1 aliphatic rings. The zero-order chi connectivity index (χ0) is 19.0. The number of benzene rings is 2. The van der Waals surface area contributed by atoms with Crippen molar-refractivity contribution >= 4 is 17.5 Å². The zero-order valence-electron chi connectivity index (χ0n) is 13.5. The summed E-state index contributed by atoms with van der Waals surface area (Å²) in [6.45, 7) is 1.61. The second-order valence-corrected chi connectivity index (χ2v) is 5.62. The molecule has 0 bridgehead atoms. The first kappa shape index (κ1) is 18.0. The molecule has 4 nitrogen and oxygen atoms in total. The smallest absolute Gasteiger partial charge is 0.414 e. The highest BCUT2D eigenvalue weighted by atomic mass is 19.2. The molecule has 0 atom stereocenters. The Labute approximate surface area is 145 Å². The van der Waals surface area contributed by atoms with Gasteiger partial charge >= 0.3 is 6.09 Å².